The maximum Gasteiger partial charge on any atom is 0.328 e. The van der Waals surface area contributed by atoms with Crippen LogP contribution in [0.4, 0.5) is 5.69 Å². The van der Waals surface area contributed by atoms with Crippen LogP contribution in [0, 0.1) is 10.1 Å². The lowest BCUT2D eigenvalue weighted by atomic mass is 10.1. The quantitative estimate of drug-likeness (QED) is 0.484. The van der Waals surface area contributed by atoms with Gasteiger partial charge in [-0.3, -0.25) is 14.9 Å². The molecule has 8 heteroatoms. The van der Waals surface area contributed by atoms with Crippen molar-refractivity contribution in [1.29, 1.82) is 0 Å². The Balaban J connectivity index is 2.20. The molecule has 7 nitrogen and oxygen atoms in total. The third-order valence-corrected chi connectivity index (χ3v) is 3.80. The molecule has 2 aromatic rings. The number of esters is 1. The maximum absolute atomic E-state index is 12.4. The van der Waals surface area contributed by atoms with E-state index in [2.05, 4.69) is 5.32 Å². The molecule has 1 atom stereocenters. The maximum atomic E-state index is 12.4. The topological polar surface area (TPSA) is 98.5 Å². The van der Waals surface area contributed by atoms with Gasteiger partial charge in [0.15, 0.2) is 0 Å². The molecule has 0 bridgehead atoms. The Morgan fingerprint density at radius 2 is 1.92 bits per heavy atom. The van der Waals surface area contributed by atoms with Crippen molar-refractivity contribution in [3.05, 3.63) is 74.8 Å². The summed E-state index contributed by atoms with van der Waals surface area (Å²) in [5.74, 6) is -1.24. The van der Waals surface area contributed by atoms with Crippen molar-refractivity contribution in [2.45, 2.75) is 12.5 Å². The number of rotatable bonds is 6. The molecule has 1 unspecified atom stereocenters. The molecule has 2 aromatic carbocycles. The fraction of sp³-hybridized carbons (Fsp3) is 0.176. The number of nitro groups is 1. The standard InChI is InChI=1S/C17H15ClN2O5/c1-25-17(22)14(9-11-5-3-2-4-6-11)19-16(21)12-7-8-13(18)15(10-12)20(23)24/h2-8,10,14H,9H2,1H3,(H,19,21). The lowest BCUT2D eigenvalue weighted by Crippen LogP contribution is -2.43. The molecule has 0 saturated carbocycles. The lowest BCUT2D eigenvalue weighted by molar-refractivity contribution is -0.384. The van der Waals surface area contributed by atoms with Gasteiger partial charge in [-0.05, 0) is 17.7 Å². The van der Waals surface area contributed by atoms with E-state index in [-0.39, 0.29) is 22.7 Å². The normalized spacial score (nSPS) is 11.4. The fourth-order valence-electron chi connectivity index (χ4n) is 2.22. The highest BCUT2D eigenvalue weighted by atomic mass is 35.5. The first kappa shape index (κ1) is 18.4. The zero-order chi connectivity index (χ0) is 18.4. The molecule has 0 spiro atoms. The SMILES string of the molecule is COC(=O)C(Cc1ccccc1)NC(=O)c1ccc(Cl)c([N+](=O)[O-])c1. The molecule has 0 saturated heterocycles. The molecule has 1 N–H and O–H groups in total. The van der Waals surface area contributed by atoms with Gasteiger partial charge in [-0.15, -0.1) is 0 Å². The van der Waals surface area contributed by atoms with Gasteiger partial charge in [0.1, 0.15) is 11.1 Å². The highest BCUT2D eigenvalue weighted by Gasteiger charge is 2.24. The van der Waals surface area contributed by atoms with Gasteiger partial charge in [0.2, 0.25) is 0 Å². The predicted molar refractivity (Wildman–Crippen MR) is 91.5 cm³/mol. The van der Waals surface area contributed by atoms with Gasteiger partial charge in [-0.1, -0.05) is 41.9 Å². The third-order valence-electron chi connectivity index (χ3n) is 3.48. The van der Waals surface area contributed by atoms with E-state index in [1.54, 1.807) is 0 Å². The Labute approximate surface area is 148 Å². The highest BCUT2D eigenvalue weighted by Crippen LogP contribution is 2.25. The summed E-state index contributed by atoms with van der Waals surface area (Å²) in [6, 6.07) is 11.8. The molecule has 2 rings (SSSR count). The van der Waals surface area contributed by atoms with Crippen molar-refractivity contribution in [3.63, 3.8) is 0 Å². The second kappa shape index (κ2) is 8.25. The van der Waals surface area contributed by atoms with E-state index in [0.29, 0.717) is 0 Å². The van der Waals surface area contributed by atoms with Crippen LogP contribution in [-0.2, 0) is 16.0 Å². The van der Waals surface area contributed by atoms with E-state index in [1.807, 2.05) is 30.3 Å². The van der Waals surface area contributed by atoms with Crippen LogP contribution in [0.15, 0.2) is 48.5 Å². The zero-order valence-electron chi connectivity index (χ0n) is 13.3. The second-order valence-corrected chi connectivity index (χ2v) is 5.57. The van der Waals surface area contributed by atoms with Crippen molar-refractivity contribution in [2.75, 3.05) is 7.11 Å². The van der Waals surface area contributed by atoms with Gasteiger partial charge >= 0.3 is 5.97 Å². The minimum Gasteiger partial charge on any atom is -0.467 e. The van der Waals surface area contributed by atoms with Crippen molar-refractivity contribution >= 4 is 29.2 Å². The molecule has 1 amide bonds. The first-order valence-corrected chi connectivity index (χ1v) is 7.66. The summed E-state index contributed by atoms with van der Waals surface area (Å²) in [6.07, 6.45) is 0.231. The van der Waals surface area contributed by atoms with Crippen molar-refractivity contribution in [2.24, 2.45) is 0 Å². The molecule has 0 radical (unpaired) electrons. The van der Waals surface area contributed by atoms with E-state index in [4.69, 9.17) is 16.3 Å². The van der Waals surface area contributed by atoms with E-state index < -0.39 is 22.8 Å². The Kier molecular flexibility index (Phi) is 6.08. The Morgan fingerprint density at radius 1 is 1.24 bits per heavy atom. The van der Waals surface area contributed by atoms with Gasteiger partial charge in [0.05, 0.1) is 12.0 Å². The number of ether oxygens (including phenoxy) is 1. The number of nitrogens with zero attached hydrogens (tertiary/aromatic N) is 1. The number of halogens is 1. The van der Waals surface area contributed by atoms with E-state index in [0.717, 1.165) is 11.6 Å². The first-order chi connectivity index (χ1) is 11.9. The van der Waals surface area contributed by atoms with Crippen LogP contribution in [0.25, 0.3) is 0 Å². The molecule has 0 aliphatic heterocycles. The summed E-state index contributed by atoms with van der Waals surface area (Å²) in [5.41, 5.74) is 0.477. The number of nitrogens with one attached hydrogen (secondary N) is 1. The molecule has 0 aliphatic rings. The van der Waals surface area contributed by atoms with Gasteiger partial charge in [-0.2, -0.15) is 0 Å². The van der Waals surface area contributed by atoms with E-state index >= 15 is 0 Å². The highest BCUT2D eigenvalue weighted by molar-refractivity contribution is 6.32. The number of carbonyl (C=O) groups excluding carboxylic acids is 2. The summed E-state index contributed by atoms with van der Waals surface area (Å²) < 4.78 is 4.72. The van der Waals surface area contributed by atoms with Crippen LogP contribution in [0.2, 0.25) is 5.02 Å². The number of methoxy groups -OCH3 is 1. The van der Waals surface area contributed by atoms with Crippen molar-refractivity contribution in [1.82, 2.24) is 5.32 Å². The first-order valence-electron chi connectivity index (χ1n) is 7.29. The molecule has 0 fully saturated rings. The van der Waals surface area contributed by atoms with E-state index in [9.17, 15) is 19.7 Å². The number of nitro benzene ring substituents is 1. The number of amides is 1. The van der Waals surface area contributed by atoms with Crippen LogP contribution >= 0.6 is 11.6 Å². The van der Waals surface area contributed by atoms with E-state index in [1.165, 1.54) is 19.2 Å². The molecular weight excluding hydrogens is 348 g/mol. The van der Waals surface area contributed by atoms with Gasteiger partial charge < -0.3 is 10.1 Å². The van der Waals surface area contributed by atoms with Gasteiger partial charge in [0, 0.05) is 18.1 Å². The molecule has 0 heterocycles. The zero-order valence-corrected chi connectivity index (χ0v) is 14.0. The van der Waals surface area contributed by atoms with Gasteiger partial charge in [0.25, 0.3) is 11.6 Å². The average Bonchev–Trinajstić information content (AvgIpc) is 2.61. The monoisotopic (exact) mass is 362 g/mol. The minimum atomic E-state index is -0.922. The molecule has 25 heavy (non-hydrogen) atoms. The van der Waals surface area contributed by atoms with Crippen LogP contribution in [0.5, 0.6) is 0 Å². The number of hydrogen-bond donors (Lipinski definition) is 1. The van der Waals surface area contributed by atoms with Crippen LogP contribution in [0.3, 0.4) is 0 Å². The Hall–Kier alpha value is -2.93. The van der Waals surface area contributed by atoms with Crippen molar-refractivity contribution in [3.8, 4) is 0 Å². The third kappa shape index (κ3) is 4.77. The van der Waals surface area contributed by atoms with Crippen LogP contribution in [0.1, 0.15) is 15.9 Å². The molecule has 0 aromatic heterocycles. The summed E-state index contributed by atoms with van der Waals surface area (Å²) >= 11 is 5.73. The lowest BCUT2D eigenvalue weighted by Gasteiger charge is -2.16. The minimum absolute atomic E-state index is 0.0260. The summed E-state index contributed by atoms with van der Waals surface area (Å²) in [4.78, 5) is 34.6. The smallest absolute Gasteiger partial charge is 0.328 e. The summed E-state index contributed by atoms with van der Waals surface area (Å²) in [5, 5.41) is 13.4. The molecular formula is C17H15ClN2O5. The fourth-order valence-corrected chi connectivity index (χ4v) is 2.41. The Morgan fingerprint density at radius 3 is 2.52 bits per heavy atom. The van der Waals surface area contributed by atoms with Crippen molar-refractivity contribution < 1.29 is 19.2 Å². The van der Waals surface area contributed by atoms with Crippen LogP contribution in [-0.4, -0.2) is 30.0 Å². The Bertz CT molecular complexity index is 795. The average molecular weight is 363 g/mol. The number of hydrogen-bond acceptors (Lipinski definition) is 5. The molecule has 130 valence electrons. The number of carbonyl (C=O) groups is 2. The summed E-state index contributed by atoms with van der Waals surface area (Å²) in [7, 11) is 1.22. The largest absolute Gasteiger partial charge is 0.467 e. The second-order valence-electron chi connectivity index (χ2n) is 5.16. The molecule has 0 aliphatic carbocycles. The van der Waals surface area contributed by atoms with Crippen LogP contribution < -0.4 is 5.32 Å². The number of benzene rings is 2. The predicted octanol–water partition coefficient (Wildman–Crippen LogP) is 2.76. The summed E-state index contributed by atoms with van der Waals surface area (Å²) in [6.45, 7) is 0. The van der Waals surface area contributed by atoms with Gasteiger partial charge in [-0.25, -0.2) is 4.79 Å².